The molecule has 5 nitrogen and oxygen atoms in total. The SMILES string of the molecule is O=C(CSc1nc2sc3c(c2c(=O)n1-c1ccccc1F)CCCC3)NCc1cccs1. The van der Waals surface area contributed by atoms with Gasteiger partial charge in [-0.05, 0) is 54.8 Å². The van der Waals surface area contributed by atoms with Gasteiger partial charge >= 0.3 is 0 Å². The fourth-order valence-electron chi connectivity index (χ4n) is 3.91. The number of carbonyl (C=O) groups excluding carboxylic acids is 1. The van der Waals surface area contributed by atoms with Crippen molar-refractivity contribution in [1.29, 1.82) is 0 Å². The van der Waals surface area contributed by atoms with Crippen LogP contribution in [0.2, 0.25) is 0 Å². The minimum absolute atomic E-state index is 0.0862. The van der Waals surface area contributed by atoms with Gasteiger partial charge in [-0.15, -0.1) is 22.7 Å². The molecule has 32 heavy (non-hydrogen) atoms. The Morgan fingerprint density at radius 2 is 2.03 bits per heavy atom. The van der Waals surface area contributed by atoms with Crippen LogP contribution in [-0.4, -0.2) is 21.2 Å². The fraction of sp³-hybridized carbons (Fsp3) is 0.261. The van der Waals surface area contributed by atoms with Crippen LogP contribution in [-0.2, 0) is 24.2 Å². The summed E-state index contributed by atoms with van der Waals surface area (Å²) in [5, 5.41) is 5.77. The summed E-state index contributed by atoms with van der Waals surface area (Å²) >= 11 is 4.28. The average molecular weight is 486 g/mol. The maximum Gasteiger partial charge on any atom is 0.267 e. The van der Waals surface area contributed by atoms with E-state index in [-0.39, 0.29) is 22.9 Å². The van der Waals surface area contributed by atoms with Gasteiger partial charge in [0.2, 0.25) is 5.91 Å². The van der Waals surface area contributed by atoms with E-state index in [1.54, 1.807) is 40.9 Å². The van der Waals surface area contributed by atoms with Crippen molar-refractivity contribution < 1.29 is 9.18 Å². The normalized spacial score (nSPS) is 13.3. The molecule has 164 valence electrons. The first-order valence-corrected chi connectivity index (χ1v) is 13.0. The number of carbonyl (C=O) groups is 1. The molecule has 0 spiro atoms. The summed E-state index contributed by atoms with van der Waals surface area (Å²) in [6.45, 7) is 0.460. The van der Waals surface area contributed by atoms with Gasteiger partial charge in [0.25, 0.3) is 5.56 Å². The van der Waals surface area contributed by atoms with Crippen LogP contribution in [0.3, 0.4) is 0 Å². The molecule has 0 atom stereocenters. The zero-order valence-corrected chi connectivity index (χ0v) is 19.5. The third-order valence-corrected chi connectivity index (χ3v) is 8.42. The Kier molecular flexibility index (Phi) is 6.12. The quantitative estimate of drug-likeness (QED) is 0.311. The number of hydrogen-bond donors (Lipinski definition) is 1. The van der Waals surface area contributed by atoms with Crippen LogP contribution in [0.15, 0.2) is 51.7 Å². The number of hydrogen-bond acceptors (Lipinski definition) is 6. The number of nitrogens with one attached hydrogen (secondary N) is 1. The highest BCUT2D eigenvalue weighted by Gasteiger charge is 2.24. The lowest BCUT2D eigenvalue weighted by molar-refractivity contribution is -0.118. The molecular weight excluding hydrogens is 465 g/mol. The first-order valence-electron chi connectivity index (χ1n) is 10.4. The van der Waals surface area contributed by atoms with Gasteiger partial charge in [-0.25, -0.2) is 9.37 Å². The zero-order chi connectivity index (χ0) is 22.1. The maximum absolute atomic E-state index is 14.7. The van der Waals surface area contributed by atoms with E-state index in [2.05, 4.69) is 5.32 Å². The number of aryl methyl sites for hydroxylation is 2. The van der Waals surface area contributed by atoms with Crippen LogP contribution in [0.25, 0.3) is 15.9 Å². The third kappa shape index (κ3) is 4.12. The van der Waals surface area contributed by atoms with E-state index in [0.29, 0.717) is 21.9 Å². The van der Waals surface area contributed by atoms with Crippen LogP contribution >= 0.6 is 34.4 Å². The lowest BCUT2D eigenvalue weighted by atomic mass is 9.97. The van der Waals surface area contributed by atoms with E-state index < -0.39 is 5.82 Å². The Morgan fingerprint density at radius 1 is 1.19 bits per heavy atom. The second kappa shape index (κ2) is 9.17. The minimum Gasteiger partial charge on any atom is -0.350 e. The summed E-state index contributed by atoms with van der Waals surface area (Å²) in [7, 11) is 0. The van der Waals surface area contributed by atoms with Crippen molar-refractivity contribution in [3.63, 3.8) is 0 Å². The Labute approximate surface area is 196 Å². The predicted molar refractivity (Wildman–Crippen MR) is 129 cm³/mol. The van der Waals surface area contributed by atoms with Gasteiger partial charge < -0.3 is 5.32 Å². The lowest BCUT2D eigenvalue weighted by Gasteiger charge is -2.14. The lowest BCUT2D eigenvalue weighted by Crippen LogP contribution is -2.26. The molecule has 3 aromatic heterocycles. The van der Waals surface area contributed by atoms with Gasteiger partial charge in [0.1, 0.15) is 10.6 Å². The number of thiophene rings is 2. The molecule has 1 aliphatic carbocycles. The van der Waals surface area contributed by atoms with Gasteiger partial charge in [0.05, 0.1) is 23.4 Å². The number of fused-ring (bicyclic) bond motifs is 3. The summed E-state index contributed by atoms with van der Waals surface area (Å²) in [6, 6.07) is 10.1. The van der Waals surface area contributed by atoms with Gasteiger partial charge in [0.15, 0.2) is 5.16 Å². The first-order chi connectivity index (χ1) is 15.6. The van der Waals surface area contributed by atoms with Crippen LogP contribution in [0.1, 0.15) is 28.2 Å². The number of halogens is 1. The van der Waals surface area contributed by atoms with E-state index >= 15 is 0 Å². The number of para-hydroxylation sites is 1. The zero-order valence-electron chi connectivity index (χ0n) is 17.1. The highest BCUT2D eigenvalue weighted by molar-refractivity contribution is 7.99. The molecule has 3 heterocycles. The van der Waals surface area contributed by atoms with Crippen molar-refractivity contribution in [3.8, 4) is 5.69 Å². The van der Waals surface area contributed by atoms with Crippen molar-refractivity contribution in [1.82, 2.24) is 14.9 Å². The van der Waals surface area contributed by atoms with Crippen LogP contribution < -0.4 is 10.9 Å². The molecule has 0 bridgehead atoms. The molecule has 5 rings (SSSR count). The third-order valence-electron chi connectivity index (χ3n) is 5.42. The van der Waals surface area contributed by atoms with Crippen LogP contribution in [0.5, 0.6) is 0 Å². The standard InChI is InChI=1S/C23H20FN3O2S3/c24-16-8-2-3-9-17(16)27-22(29)20-15-7-1-4-10-18(15)32-21(20)26-23(27)31-13-19(28)25-12-14-6-5-11-30-14/h2-3,5-6,8-9,11H,1,4,7,10,12-13H2,(H,25,28). The molecule has 1 aromatic carbocycles. The van der Waals surface area contributed by atoms with Gasteiger partial charge in [-0.1, -0.05) is 30.0 Å². The Bertz CT molecular complexity index is 1340. The summed E-state index contributed by atoms with van der Waals surface area (Å²) in [6.07, 6.45) is 3.94. The monoisotopic (exact) mass is 485 g/mol. The molecular formula is C23H20FN3O2S3. The molecule has 0 radical (unpaired) electrons. The van der Waals surface area contributed by atoms with E-state index in [4.69, 9.17) is 4.98 Å². The Hall–Kier alpha value is -2.49. The van der Waals surface area contributed by atoms with Crippen LogP contribution in [0.4, 0.5) is 4.39 Å². The van der Waals surface area contributed by atoms with Gasteiger partial charge in [-0.2, -0.15) is 0 Å². The highest BCUT2D eigenvalue weighted by Crippen LogP contribution is 2.35. The number of aromatic nitrogens is 2. The van der Waals surface area contributed by atoms with Crippen molar-refractivity contribution >= 4 is 50.6 Å². The molecule has 0 fully saturated rings. The Morgan fingerprint density at radius 3 is 2.84 bits per heavy atom. The van der Waals surface area contributed by atoms with Gasteiger partial charge in [-0.3, -0.25) is 14.2 Å². The molecule has 1 amide bonds. The van der Waals surface area contributed by atoms with Crippen molar-refractivity contribution in [2.45, 2.75) is 37.4 Å². The topological polar surface area (TPSA) is 64.0 Å². The van der Waals surface area contributed by atoms with E-state index in [0.717, 1.165) is 47.9 Å². The number of nitrogens with zero attached hydrogens (tertiary/aromatic N) is 2. The molecule has 0 saturated carbocycles. The minimum atomic E-state index is -0.496. The molecule has 9 heteroatoms. The van der Waals surface area contributed by atoms with E-state index in [1.165, 1.54) is 15.5 Å². The molecule has 0 unspecified atom stereocenters. The molecule has 0 saturated heterocycles. The molecule has 1 aliphatic rings. The summed E-state index contributed by atoms with van der Waals surface area (Å²) in [4.78, 5) is 33.7. The van der Waals surface area contributed by atoms with E-state index in [1.807, 2.05) is 17.5 Å². The van der Waals surface area contributed by atoms with Crippen molar-refractivity contribution in [3.05, 3.63) is 73.3 Å². The second-order valence-electron chi connectivity index (χ2n) is 7.52. The average Bonchev–Trinajstić information content (AvgIpc) is 3.44. The van der Waals surface area contributed by atoms with Crippen molar-refractivity contribution in [2.75, 3.05) is 5.75 Å². The van der Waals surface area contributed by atoms with Crippen LogP contribution in [0, 0.1) is 5.82 Å². The Balaban J connectivity index is 1.52. The highest BCUT2D eigenvalue weighted by atomic mass is 32.2. The second-order valence-corrected chi connectivity index (χ2v) is 10.6. The molecule has 0 aliphatic heterocycles. The summed E-state index contributed by atoms with van der Waals surface area (Å²) < 4.78 is 16.0. The summed E-state index contributed by atoms with van der Waals surface area (Å²) in [5.41, 5.74) is 0.953. The van der Waals surface area contributed by atoms with Gasteiger partial charge in [0, 0.05) is 9.75 Å². The first kappa shape index (κ1) is 21.4. The van der Waals surface area contributed by atoms with Crippen molar-refractivity contribution in [2.24, 2.45) is 0 Å². The molecule has 1 N–H and O–H groups in total. The smallest absolute Gasteiger partial charge is 0.267 e. The summed E-state index contributed by atoms with van der Waals surface area (Å²) in [5.74, 6) is -0.574. The largest absolute Gasteiger partial charge is 0.350 e. The predicted octanol–water partition coefficient (Wildman–Crippen LogP) is 4.94. The number of rotatable bonds is 6. The number of amides is 1. The molecule has 4 aromatic rings. The van der Waals surface area contributed by atoms with E-state index in [9.17, 15) is 14.0 Å². The number of thioether (sulfide) groups is 1. The maximum atomic E-state index is 14.7. The number of benzene rings is 1. The fourth-order valence-corrected chi connectivity index (χ4v) is 6.69.